The van der Waals surface area contributed by atoms with E-state index in [9.17, 15) is 20.0 Å². The Morgan fingerprint density at radius 1 is 1.24 bits per heavy atom. The van der Waals surface area contributed by atoms with Crippen molar-refractivity contribution in [3.05, 3.63) is 51.3 Å². The van der Waals surface area contributed by atoms with Crippen molar-refractivity contribution in [1.29, 1.82) is 0 Å². The molecule has 0 aliphatic rings. The second kappa shape index (κ2) is 5.53. The molecule has 0 unspecified atom stereocenters. The fourth-order valence-electron chi connectivity index (χ4n) is 1.82. The molecule has 0 fully saturated rings. The molecule has 2 rings (SSSR count). The van der Waals surface area contributed by atoms with Crippen molar-refractivity contribution in [2.75, 3.05) is 5.32 Å². The number of carbonyl (C=O) groups is 1. The SMILES string of the molecule is Cc1cc(C)nc(NC(=O)c2cc(O)ccc2[N+](=O)[O-])n1. The maximum Gasteiger partial charge on any atom is 0.282 e. The fourth-order valence-corrected chi connectivity index (χ4v) is 1.82. The normalized spacial score (nSPS) is 10.2. The number of hydrogen-bond donors (Lipinski definition) is 2. The molecule has 2 N–H and O–H groups in total. The fraction of sp³-hybridized carbons (Fsp3) is 0.154. The largest absolute Gasteiger partial charge is 0.508 e. The van der Waals surface area contributed by atoms with Gasteiger partial charge in [0.15, 0.2) is 0 Å². The van der Waals surface area contributed by atoms with Gasteiger partial charge in [-0.05, 0) is 32.0 Å². The van der Waals surface area contributed by atoms with E-state index in [1.54, 1.807) is 19.9 Å². The van der Waals surface area contributed by atoms with Crippen LogP contribution in [0.2, 0.25) is 0 Å². The average Bonchev–Trinajstić information content (AvgIpc) is 2.36. The van der Waals surface area contributed by atoms with E-state index >= 15 is 0 Å². The third-order valence-corrected chi connectivity index (χ3v) is 2.63. The summed E-state index contributed by atoms with van der Waals surface area (Å²) in [4.78, 5) is 30.4. The monoisotopic (exact) mass is 288 g/mol. The summed E-state index contributed by atoms with van der Waals surface area (Å²) in [5.74, 6) is -0.954. The Labute approximate surface area is 119 Å². The minimum atomic E-state index is -0.761. The van der Waals surface area contributed by atoms with Crippen molar-refractivity contribution < 1.29 is 14.8 Å². The van der Waals surface area contributed by atoms with Gasteiger partial charge in [0.1, 0.15) is 11.3 Å². The molecule has 0 saturated heterocycles. The lowest BCUT2D eigenvalue weighted by Gasteiger charge is -2.06. The molecule has 0 aliphatic heterocycles. The quantitative estimate of drug-likeness (QED) is 0.658. The number of aromatic nitrogens is 2. The Hall–Kier alpha value is -3.03. The van der Waals surface area contributed by atoms with Gasteiger partial charge in [-0.2, -0.15) is 0 Å². The zero-order valence-corrected chi connectivity index (χ0v) is 11.3. The molecular formula is C13H12N4O4. The standard InChI is InChI=1S/C13H12N4O4/c1-7-5-8(2)15-13(14-7)16-12(19)10-6-9(18)3-4-11(10)17(20)21/h3-6,18H,1-2H3,(H,14,15,16,19). The molecule has 1 aromatic carbocycles. The average molecular weight is 288 g/mol. The van der Waals surface area contributed by atoms with Crippen LogP contribution in [0.1, 0.15) is 21.7 Å². The summed E-state index contributed by atoms with van der Waals surface area (Å²) in [5.41, 5.74) is 0.642. The number of nitro groups is 1. The number of carbonyl (C=O) groups excluding carboxylic acids is 1. The van der Waals surface area contributed by atoms with Gasteiger partial charge in [0.25, 0.3) is 11.6 Å². The molecule has 2 aromatic rings. The number of aromatic hydroxyl groups is 1. The van der Waals surface area contributed by atoms with Gasteiger partial charge in [-0.25, -0.2) is 9.97 Å². The molecule has 0 spiro atoms. The Morgan fingerprint density at radius 2 is 1.86 bits per heavy atom. The number of nitrogens with zero attached hydrogens (tertiary/aromatic N) is 3. The number of benzene rings is 1. The molecule has 0 aliphatic carbocycles. The van der Waals surface area contributed by atoms with Gasteiger partial charge in [-0.3, -0.25) is 20.2 Å². The maximum atomic E-state index is 12.1. The lowest BCUT2D eigenvalue weighted by atomic mass is 10.1. The summed E-state index contributed by atoms with van der Waals surface area (Å²) in [6.07, 6.45) is 0. The zero-order chi connectivity index (χ0) is 15.6. The number of aryl methyl sites for hydroxylation is 2. The third-order valence-electron chi connectivity index (χ3n) is 2.63. The maximum absolute atomic E-state index is 12.1. The van der Waals surface area contributed by atoms with Crippen LogP contribution in [0.5, 0.6) is 5.75 Å². The second-order valence-corrected chi connectivity index (χ2v) is 4.39. The van der Waals surface area contributed by atoms with E-state index in [4.69, 9.17) is 0 Å². The number of phenols is 1. The van der Waals surface area contributed by atoms with Crippen molar-refractivity contribution in [3.63, 3.8) is 0 Å². The van der Waals surface area contributed by atoms with Gasteiger partial charge in [0, 0.05) is 17.5 Å². The minimum absolute atomic E-state index is 0.0511. The molecule has 108 valence electrons. The number of nitro benzene ring substituents is 1. The first kappa shape index (κ1) is 14.4. The lowest BCUT2D eigenvalue weighted by Crippen LogP contribution is -2.16. The van der Waals surface area contributed by atoms with Crippen LogP contribution in [0.4, 0.5) is 11.6 Å². The summed E-state index contributed by atoms with van der Waals surface area (Å²) in [5, 5.41) is 22.7. The Morgan fingerprint density at radius 3 is 2.43 bits per heavy atom. The minimum Gasteiger partial charge on any atom is -0.508 e. The lowest BCUT2D eigenvalue weighted by molar-refractivity contribution is -0.385. The van der Waals surface area contributed by atoms with E-state index < -0.39 is 16.5 Å². The summed E-state index contributed by atoms with van der Waals surface area (Å²) in [7, 11) is 0. The van der Waals surface area contributed by atoms with Crippen LogP contribution in [-0.2, 0) is 0 Å². The van der Waals surface area contributed by atoms with Crippen LogP contribution >= 0.6 is 0 Å². The van der Waals surface area contributed by atoms with Crippen molar-refractivity contribution in [3.8, 4) is 5.75 Å². The first-order valence-electron chi connectivity index (χ1n) is 5.98. The Balaban J connectivity index is 2.36. The molecule has 0 atom stereocenters. The second-order valence-electron chi connectivity index (χ2n) is 4.39. The van der Waals surface area contributed by atoms with Crippen LogP contribution in [0.25, 0.3) is 0 Å². The highest BCUT2D eigenvalue weighted by Crippen LogP contribution is 2.24. The van der Waals surface area contributed by atoms with Gasteiger partial charge in [-0.15, -0.1) is 0 Å². The van der Waals surface area contributed by atoms with Crippen LogP contribution in [0.15, 0.2) is 24.3 Å². The summed E-state index contributed by atoms with van der Waals surface area (Å²) in [6.45, 7) is 3.47. The van der Waals surface area contributed by atoms with Gasteiger partial charge in [-0.1, -0.05) is 0 Å². The number of hydrogen-bond acceptors (Lipinski definition) is 6. The predicted octanol–water partition coefficient (Wildman–Crippen LogP) is 1.96. The first-order chi connectivity index (χ1) is 9.86. The zero-order valence-electron chi connectivity index (χ0n) is 11.3. The van der Waals surface area contributed by atoms with Gasteiger partial charge in [0.2, 0.25) is 5.95 Å². The molecule has 0 saturated carbocycles. The molecule has 8 nitrogen and oxygen atoms in total. The summed E-state index contributed by atoms with van der Waals surface area (Å²) in [6, 6.07) is 4.96. The topological polar surface area (TPSA) is 118 Å². The Kier molecular flexibility index (Phi) is 3.79. The van der Waals surface area contributed by atoms with Crippen molar-refractivity contribution >= 4 is 17.5 Å². The smallest absolute Gasteiger partial charge is 0.282 e. The van der Waals surface area contributed by atoms with Gasteiger partial charge < -0.3 is 5.11 Å². The van der Waals surface area contributed by atoms with Crippen molar-refractivity contribution in [2.24, 2.45) is 0 Å². The molecule has 0 bridgehead atoms. The van der Waals surface area contributed by atoms with Crippen molar-refractivity contribution in [1.82, 2.24) is 9.97 Å². The highest BCUT2D eigenvalue weighted by atomic mass is 16.6. The number of nitrogens with one attached hydrogen (secondary N) is 1. The molecule has 21 heavy (non-hydrogen) atoms. The van der Waals surface area contributed by atoms with E-state index in [1.165, 1.54) is 0 Å². The van der Waals surface area contributed by atoms with E-state index in [2.05, 4.69) is 15.3 Å². The van der Waals surface area contributed by atoms with E-state index in [0.29, 0.717) is 11.4 Å². The van der Waals surface area contributed by atoms with Crippen molar-refractivity contribution in [2.45, 2.75) is 13.8 Å². The molecule has 1 aromatic heterocycles. The molecule has 1 heterocycles. The van der Waals surface area contributed by atoms with Crippen LogP contribution in [0.3, 0.4) is 0 Å². The Bertz CT molecular complexity index is 710. The van der Waals surface area contributed by atoms with Crippen LogP contribution < -0.4 is 5.32 Å². The van der Waals surface area contributed by atoms with Crippen LogP contribution in [-0.4, -0.2) is 25.9 Å². The molecular weight excluding hydrogens is 276 g/mol. The highest BCUT2D eigenvalue weighted by Gasteiger charge is 2.21. The molecule has 8 heteroatoms. The number of phenolic OH excluding ortho intramolecular Hbond substituents is 1. The number of rotatable bonds is 3. The van der Waals surface area contributed by atoms with Gasteiger partial charge >= 0.3 is 0 Å². The molecule has 1 amide bonds. The molecule has 0 radical (unpaired) electrons. The van der Waals surface area contributed by atoms with Gasteiger partial charge in [0.05, 0.1) is 4.92 Å². The third kappa shape index (κ3) is 3.30. The van der Waals surface area contributed by atoms with E-state index in [-0.39, 0.29) is 17.3 Å². The summed E-state index contributed by atoms with van der Waals surface area (Å²) < 4.78 is 0. The van der Waals surface area contributed by atoms with Crippen LogP contribution in [0, 0.1) is 24.0 Å². The first-order valence-corrected chi connectivity index (χ1v) is 5.98. The summed E-state index contributed by atoms with van der Waals surface area (Å²) >= 11 is 0. The highest BCUT2D eigenvalue weighted by molar-refractivity contribution is 6.06. The predicted molar refractivity (Wildman–Crippen MR) is 74.2 cm³/mol. The van der Waals surface area contributed by atoms with E-state index in [0.717, 1.165) is 18.2 Å². The van der Waals surface area contributed by atoms with E-state index in [1.807, 2.05) is 0 Å². The number of amides is 1. The number of anilines is 1.